The number of carbonyl (C=O) groups is 1. The van der Waals surface area contributed by atoms with Gasteiger partial charge in [-0.3, -0.25) is 0 Å². The molecule has 2 nitrogen and oxygen atoms in total. The SMILES string of the molecule is C=C(c1ccc(C(=O)O)cc1)c1cc2c(cc1C(C)F)C(C)(C)CCC21CC1. The number of alkyl halides is 1. The Morgan fingerprint density at radius 1 is 1.04 bits per heavy atom. The van der Waals surface area contributed by atoms with Gasteiger partial charge in [-0.25, -0.2) is 9.18 Å². The minimum Gasteiger partial charge on any atom is -0.478 e. The van der Waals surface area contributed by atoms with Gasteiger partial charge in [0, 0.05) is 0 Å². The molecule has 2 aromatic rings. The fraction of sp³-hybridized carbons (Fsp3) is 0.400. The normalized spacial score (nSPS) is 19.7. The van der Waals surface area contributed by atoms with Crippen molar-refractivity contribution in [2.45, 2.75) is 63.5 Å². The monoisotopic (exact) mass is 378 g/mol. The van der Waals surface area contributed by atoms with Crippen LogP contribution in [0.5, 0.6) is 0 Å². The highest BCUT2D eigenvalue weighted by Gasteiger charge is 2.50. The van der Waals surface area contributed by atoms with Crippen LogP contribution in [0.3, 0.4) is 0 Å². The summed E-state index contributed by atoms with van der Waals surface area (Å²) in [6.45, 7) is 10.3. The summed E-state index contributed by atoms with van der Waals surface area (Å²) in [5.74, 6) is -0.957. The van der Waals surface area contributed by atoms with E-state index in [0.717, 1.165) is 23.1 Å². The minimum absolute atomic E-state index is 0.0514. The summed E-state index contributed by atoms with van der Waals surface area (Å²) < 4.78 is 14.7. The smallest absolute Gasteiger partial charge is 0.335 e. The van der Waals surface area contributed by atoms with Gasteiger partial charge in [0.15, 0.2) is 0 Å². The van der Waals surface area contributed by atoms with E-state index in [1.54, 1.807) is 31.2 Å². The van der Waals surface area contributed by atoms with Crippen LogP contribution in [0, 0.1) is 0 Å². The number of hydrogen-bond donors (Lipinski definition) is 1. The Balaban J connectivity index is 1.84. The molecule has 28 heavy (non-hydrogen) atoms. The first-order chi connectivity index (χ1) is 13.1. The average Bonchev–Trinajstić information content (AvgIpc) is 3.45. The summed E-state index contributed by atoms with van der Waals surface area (Å²) in [4.78, 5) is 11.1. The first-order valence-corrected chi connectivity index (χ1v) is 10.0. The quantitative estimate of drug-likeness (QED) is 0.652. The number of rotatable bonds is 4. The average molecular weight is 378 g/mol. The van der Waals surface area contributed by atoms with Gasteiger partial charge in [-0.15, -0.1) is 0 Å². The third-order valence-corrected chi connectivity index (χ3v) is 6.81. The molecule has 0 aliphatic heterocycles. The molecule has 1 N–H and O–H groups in total. The number of benzene rings is 2. The number of fused-ring (bicyclic) bond motifs is 2. The lowest BCUT2D eigenvalue weighted by Crippen LogP contribution is -2.30. The molecule has 146 valence electrons. The Hall–Kier alpha value is -2.42. The number of aromatic carboxylic acids is 1. The van der Waals surface area contributed by atoms with Gasteiger partial charge in [0.2, 0.25) is 0 Å². The van der Waals surface area contributed by atoms with Gasteiger partial charge in [-0.1, -0.05) is 38.6 Å². The van der Waals surface area contributed by atoms with Crippen molar-refractivity contribution in [1.29, 1.82) is 0 Å². The lowest BCUT2D eigenvalue weighted by Gasteiger charge is -2.39. The maximum absolute atomic E-state index is 14.7. The van der Waals surface area contributed by atoms with Crippen molar-refractivity contribution in [2.75, 3.05) is 0 Å². The van der Waals surface area contributed by atoms with E-state index in [2.05, 4.69) is 32.6 Å². The summed E-state index contributed by atoms with van der Waals surface area (Å²) in [5.41, 5.74) is 6.31. The van der Waals surface area contributed by atoms with Crippen LogP contribution in [0.4, 0.5) is 4.39 Å². The van der Waals surface area contributed by atoms with Crippen LogP contribution < -0.4 is 0 Å². The molecule has 1 unspecified atom stereocenters. The third kappa shape index (κ3) is 2.97. The molecular formula is C25H27FO2. The van der Waals surface area contributed by atoms with Crippen LogP contribution in [-0.2, 0) is 10.8 Å². The van der Waals surface area contributed by atoms with Crippen molar-refractivity contribution >= 4 is 11.5 Å². The molecule has 2 aliphatic carbocycles. The molecule has 2 aliphatic rings. The van der Waals surface area contributed by atoms with Crippen LogP contribution >= 0.6 is 0 Å². The van der Waals surface area contributed by atoms with Crippen LogP contribution in [0.2, 0.25) is 0 Å². The summed E-state index contributed by atoms with van der Waals surface area (Å²) in [5, 5.41) is 9.12. The number of halogens is 1. The highest BCUT2D eigenvalue weighted by atomic mass is 19.1. The lowest BCUT2D eigenvalue weighted by atomic mass is 9.66. The standard InChI is InChI=1S/C25H27FO2/c1-15(17-5-7-18(8-6-17)23(27)28)19-13-22-21(14-20(19)16(2)26)24(3,4)9-10-25(22)11-12-25/h5-8,13-14,16H,1,9-12H2,2-4H3,(H,27,28). The highest BCUT2D eigenvalue weighted by Crippen LogP contribution is 2.59. The van der Waals surface area contributed by atoms with Crippen molar-refractivity contribution in [3.05, 3.63) is 76.4 Å². The van der Waals surface area contributed by atoms with Crippen LogP contribution in [0.15, 0.2) is 43.0 Å². The maximum atomic E-state index is 14.7. The van der Waals surface area contributed by atoms with Crippen molar-refractivity contribution in [2.24, 2.45) is 0 Å². The Morgan fingerprint density at radius 2 is 1.61 bits per heavy atom. The number of carboxylic acid groups (broad SMARTS) is 1. The molecule has 0 amide bonds. The van der Waals surface area contributed by atoms with Crippen molar-refractivity contribution < 1.29 is 14.3 Å². The zero-order valence-corrected chi connectivity index (χ0v) is 16.8. The van der Waals surface area contributed by atoms with Gasteiger partial charge in [-0.05, 0) is 95.0 Å². The minimum atomic E-state index is -1.09. The van der Waals surface area contributed by atoms with Gasteiger partial charge in [0.05, 0.1) is 5.56 Å². The van der Waals surface area contributed by atoms with E-state index in [4.69, 9.17) is 5.11 Å². The zero-order valence-electron chi connectivity index (χ0n) is 16.8. The van der Waals surface area contributed by atoms with Gasteiger partial charge in [0.1, 0.15) is 6.17 Å². The predicted octanol–water partition coefficient (Wildman–Crippen LogP) is 6.58. The van der Waals surface area contributed by atoms with E-state index in [0.29, 0.717) is 5.56 Å². The molecule has 4 rings (SSSR count). The second-order valence-corrected chi connectivity index (χ2v) is 9.13. The van der Waals surface area contributed by atoms with E-state index in [1.807, 2.05) is 0 Å². The lowest BCUT2D eigenvalue weighted by molar-refractivity contribution is 0.0697. The van der Waals surface area contributed by atoms with Gasteiger partial charge in [-0.2, -0.15) is 0 Å². The first kappa shape index (κ1) is 18.9. The molecule has 0 bridgehead atoms. The van der Waals surface area contributed by atoms with Crippen LogP contribution in [-0.4, -0.2) is 11.1 Å². The van der Waals surface area contributed by atoms with E-state index in [9.17, 15) is 9.18 Å². The topological polar surface area (TPSA) is 37.3 Å². The summed E-state index contributed by atoms with van der Waals surface area (Å²) in [6, 6.07) is 10.9. The fourth-order valence-electron chi connectivity index (χ4n) is 4.67. The predicted molar refractivity (Wildman–Crippen MR) is 111 cm³/mol. The molecule has 1 spiro atoms. The second kappa shape index (κ2) is 6.30. The Bertz CT molecular complexity index is 963. The van der Waals surface area contributed by atoms with Gasteiger partial charge >= 0.3 is 5.97 Å². The summed E-state index contributed by atoms with van der Waals surface area (Å²) in [6.07, 6.45) is 3.65. The fourth-order valence-corrected chi connectivity index (χ4v) is 4.67. The van der Waals surface area contributed by atoms with Gasteiger partial charge < -0.3 is 5.11 Å². The van der Waals surface area contributed by atoms with Gasteiger partial charge in [0.25, 0.3) is 0 Å². The molecule has 0 saturated heterocycles. The van der Waals surface area contributed by atoms with Crippen LogP contribution in [0.1, 0.15) is 90.8 Å². The van der Waals surface area contributed by atoms with Crippen molar-refractivity contribution in [1.82, 2.24) is 0 Å². The van der Waals surface area contributed by atoms with Crippen molar-refractivity contribution in [3.63, 3.8) is 0 Å². The molecule has 2 aromatic carbocycles. The zero-order chi connectivity index (χ0) is 20.3. The van der Waals surface area contributed by atoms with Crippen LogP contribution in [0.25, 0.3) is 5.57 Å². The number of hydrogen-bond acceptors (Lipinski definition) is 1. The Labute approximate surface area is 166 Å². The molecule has 3 heteroatoms. The molecule has 0 heterocycles. The first-order valence-electron chi connectivity index (χ1n) is 10.0. The van der Waals surface area contributed by atoms with E-state index in [1.165, 1.54) is 30.4 Å². The Morgan fingerprint density at radius 3 is 2.14 bits per heavy atom. The third-order valence-electron chi connectivity index (χ3n) is 6.81. The molecule has 1 atom stereocenters. The molecular weight excluding hydrogens is 351 g/mol. The largest absolute Gasteiger partial charge is 0.478 e. The van der Waals surface area contributed by atoms with E-state index < -0.39 is 12.1 Å². The van der Waals surface area contributed by atoms with E-state index >= 15 is 0 Å². The molecule has 1 saturated carbocycles. The molecule has 1 fully saturated rings. The summed E-state index contributed by atoms with van der Waals surface area (Å²) in [7, 11) is 0. The number of carboxylic acids is 1. The second-order valence-electron chi connectivity index (χ2n) is 9.13. The molecule has 0 aromatic heterocycles. The maximum Gasteiger partial charge on any atom is 0.335 e. The van der Waals surface area contributed by atoms with Crippen molar-refractivity contribution in [3.8, 4) is 0 Å². The molecule has 0 radical (unpaired) electrons. The Kier molecular flexibility index (Phi) is 4.26. The highest BCUT2D eigenvalue weighted by molar-refractivity contribution is 5.89. The summed E-state index contributed by atoms with van der Waals surface area (Å²) >= 11 is 0. The van der Waals surface area contributed by atoms with E-state index in [-0.39, 0.29) is 16.4 Å².